The summed E-state index contributed by atoms with van der Waals surface area (Å²) in [5, 5.41) is 6.16. The summed E-state index contributed by atoms with van der Waals surface area (Å²) in [6.45, 7) is 2.23. The number of amides is 1. The highest BCUT2D eigenvalue weighted by Crippen LogP contribution is 2.30. The van der Waals surface area contributed by atoms with Crippen molar-refractivity contribution in [3.05, 3.63) is 56.5 Å². The third-order valence-corrected chi connectivity index (χ3v) is 7.65. The Hall–Kier alpha value is -2.20. The number of rotatable bonds is 4. The number of hydrogen-bond donors (Lipinski definition) is 1. The average Bonchev–Trinajstić information content (AvgIpc) is 3.26. The Kier molecular flexibility index (Phi) is 5.71. The lowest BCUT2D eigenvalue weighted by Gasteiger charge is -2.17. The minimum atomic E-state index is -3.42. The van der Waals surface area contributed by atoms with E-state index >= 15 is 0 Å². The molecule has 1 N–H and O–H groups in total. The number of aromatic nitrogens is 2. The zero-order chi connectivity index (χ0) is 21.5. The van der Waals surface area contributed by atoms with Gasteiger partial charge in [-0.1, -0.05) is 23.2 Å². The lowest BCUT2D eigenvalue weighted by molar-refractivity contribution is 0.102. The minimum absolute atomic E-state index is 0.0558. The lowest BCUT2D eigenvalue weighted by atomic mass is 10.1. The van der Waals surface area contributed by atoms with E-state index in [1.165, 1.54) is 27.9 Å². The number of sulfonamides is 1. The molecule has 0 atom stereocenters. The van der Waals surface area contributed by atoms with Crippen molar-refractivity contribution in [2.45, 2.75) is 13.3 Å². The first-order chi connectivity index (χ1) is 14.2. The Bertz CT molecular complexity index is 1240. The Morgan fingerprint density at radius 3 is 2.70 bits per heavy atom. The van der Waals surface area contributed by atoms with E-state index in [4.69, 9.17) is 23.2 Å². The number of benzene rings is 1. The molecule has 2 aromatic heterocycles. The zero-order valence-electron chi connectivity index (χ0n) is 15.7. The van der Waals surface area contributed by atoms with Gasteiger partial charge in [-0.05, 0) is 37.6 Å². The normalized spacial score (nSPS) is 15.4. The number of hydrogen-bond acceptors (Lipinski definition) is 6. The second kappa shape index (κ2) is 8.14. The number of carbonyl (C=O) groups excluding carboxylic acids is 1. The molecule has 7 nitrogen and oxygen atoms in total. The summed E-state index contributed by atoms with van der Waals surface area (Å²) in [7, 11) is -3.42. The van der Waals surface area contributed by atoms with Gasteiger partial charge in [0.15, 0.2) is 0 Å². The van der Waals surface area contributed by atoms with Crippen molar-refractivity contribution in [1.82, 2.24) is 9.97 Å². The maximum atomic E-state index is 12.9. The predicted octanol–water partition coefficient (Wildman–Crippen LogP) is 4.61. The largest absolute Gasteiger partial charge is 0.322 e. The molecule has 4 rings (SSSR count). The third kappa shape index (κ3) is 4.29. The number of carbonyl (C=O) groups is 1. The van der Waals surface area contributed by atoms with Crippen molar-refractivity contribution < 1.29 is 13.2 Å². The molecule has 1 amide bonds. The quantitative estimate of drug-likeness (QED) is 0.585. The Morgan fingerprint density at radius 2 is 2.03 bits per heavy atom. The van der Waals surface area contributed by atoms with Crippen LogP contribution in [0.15, 0.2) is 35.8 Å². The number of thiazole rings is 1. The molecule has 1 aliphatic heterocycles. The van der Waals surface area contributed by atoms with Crippen molar-refractivity contribution in [3.63, 3.8) is 0 Å². The monoisotopic (exact) mass is 482 g/mol. The number of anilines is 2. The number of nitrogens with one attached hydrogen (secondary N) is 1. The van der Waals surface area contributed by atoms with Crippen LogP contribution in [0.1, 0.15) is 21.8 Å². The van der Waals surface area contributed by atoms with Gasteiger partial charge >= 0.3 is 0 Å². The van der Waals surface area contributed by atoms with Crippen LogP contribution in [0.3, 0.4) is 0 Å². The topological polar surface area (TPSA) is 92.3 Å². The highest BCUT2D eigenvalue weighted by atomic mass is 35.5. The average molecular weight is 483 g/mol. The number of halogens is 2. The van der Waals surface area contributed by atoms with Crippen LogP contribution in [-0.2, 0) is 10.0 Å². The molecule has 30 heavy (non-hydrogen) atoms. The van der Waals surface area contributed by atoms with E-state index in [-0.39, 0.29) is 22.2 Å². The molecule has 3 heterocycles. The van der Waals surface area contributed by atoms with Gasteiger partial charge in [0, 0.05) is 34.4 Å². The van der Waals surface area contributed by atoms with Crippen molar-refractivity contribution in [2.24, 2.45) is 0 Å². The first-order valence-electron chi connectivity index (χ1n) is 8.93. The zero-order valence-corrected chi connectivity index (χ0v) is 18.9. The fraction of sp³-hybridized carbons (Fsp3) is 0.211. The highest BCUT2D eigenvalue weighted by Gasteiger charge is 2.30. The summed E-state index contributed by atoms with van der Waals surface area (Å²) in [6.07, 6.45) is 1.79. The van der Waals surface area contributed by atoms with Gasteiger partial charge in [0.2, 0.25) is 10.0 Å². The van der Waals surface area contributed by atoms with E-state index in [9.17, 15) is 13.2 Å². The van der Waals surface area contributed by atoms with E-state index in [2.05, 4.69) is 15.3 Å². The van der Waals surface area contributed by atoms with Crippen LogP contribution in [0.25, 0.3) is 11.3 Å². The van der Waals surface area contributed by atoms with Gasteiger partial charge in [0.25, 0.3) is 5.91 Å². The molecular formula is C19H16Cl2N4O3S2. The van der Waals surface area contributed by atoms with E-state index in [1.807, 2.05) is 12.3 Å². The Labute approximate surface area is 187 Å². The maximum absolute atomic E-state index is 12.9. The van der Waals surface area contributed by atoms with Crippen molar-refractivity contribution in [3.8, 4) is 11.3 Å². The van der Waals surface area contributed by atoms with Crippen molar-refractivity contribution >= 4 is 62.0 Å². The van der Waals surface area contributed by atoms with Gasteiger partial charge in [-0.3, -0.25) is 9.10 Å². The molecule has 3 aromatic rings. The fourth-order valence-electron chi connectivity index (χ4n) is 3.14. The molecule has 11 heteroatoms. The van der Waals surface area contributed by atoms with Crippen LogP contribution >= 0.6 is 34.5 Å². The maximum Gasteiger partial charge on any atom is 0.257 e. The van der Waals surface area contributed by atoms with E-state index in [1.54, 1.807) is 18.2 Å². The number of nitrogens with zero attached hydrogens (tertiary/aromatic N) is 3. The number of aryl methyl sites for hydroxylation is 1. The Balaban J connectivity index is 1.63. The summed E-state index contributed by atoms with van der Waals surface area (Å²) >= 11 is 13.9. The summed E-state index contributed by atoms with van der Waals surface area (Å²) in [6, 6.07) is 6.53. The van der Waals surface area contributed by atoms with Gasteiger partial charge in [-0.2, -0.15) is 0 Å². The second-order valence-electron chi connectivity index (χ2n) is 6.70. The highest BCUT2D eigenvalue weighted by molar-refractivity contribution is 7.93. The lowest BCUT2D eigenvalue weighted by Crippen LogP contribution is -2.26. The molecule has 1 fully saturated rings. The SMILES string of the molecule is Cc1nc(-c2cc(Cl)cc(NC(=O)c3cc(N4CCCS4(=O)=O)ncc3Cl)c2)cs1. The van der Waals surface area contributed by atoms with Gasteiger partial charge in [0.1, 0.15) is 5.82 Å². The third-order valence-electron chi connectivity index (χ3n) is 4.51. The first-order valence-corrected chi connectivity index (χ1v) is 12.2. The first kappa shape index (κ1) is 21.0. The van der Waals surface area contributed by atoms with Gasteiger partial charge in [-0.25, -0.2) is 18.4 Å². The molecule has 0 aliphatic carbocycles. The van der Waals surface area contributed by atoms with Crippen LogP contribution in [0.2, 0.25) is 10.0 Å². The summed E-state index contributed by atoms with van der Waals surface area (Å²) in [5.74, 6) is -0.269. The second-order valence-corrected chi connectivity index (χ2v) is 10.6. The molecule has 1 aromatic carbocycles. The van der Waals surface area contributed by atoms with Crippen LogP contribution in [0.4, 0.5) is 11.5 Å². The molecule has 156 valence electrons. The molecule has 1 saturated heterocycles. The predicted molar refractivity (Wildman–Crippen MR) is 120 cm³/mol. The smallest absolute Gasteiger partial charge is 0.257 e. The van der Waals surface area contributed by atoms with Crippen LogP contribution in [-0.4, -0.2) is 36.6 Å². The van der Waals surface area contributed by atoms with Crippen LogP contribution < -0.4 is 9.62 Å². The van der Waals surface area contributed by atoms with Gasteiger partial charge < -0.3 is 5.32 Å². The molecule has 0 radical (unpaired) electrons. The minimum Gasteiger partial charge on any atom is -0.322 e. The Morgan fingerprint density at radius 1 is 1.23 bits per heavy atom. The summed E-state index contributed by atoms with van der Waals surface area (Å²) in [4.78, 5) is 21.4. The summed E-state index contributed by atoms with van der Waals surface area (Å²) < 4.78 is 25.5. The van der Waals surface area contributed by atoms with Crippen LogP contribution in [0, 0.1) is 6.92 Å². The van der Waals surface area contributed by atoms with Gasteiger partial charge in [-0.15, -0.1) is 11.3 Å². The van der Waals surface area contributed by atoms with E-state index in [0.717, 1.165) is 16.3 Å². The standard InChI is InChI=1S/C19H16Cl2N4O3S2/c1-11-23-17(10-29-11)12-5-13(20)7-14(6-12)24-19(26)15-8-18(22-9-16(15)21)25-3-2-4-30(25,27)28/h5-10H,2-4H2,1H3,(H,24,26). The van der Waals surface area contributed by atoms with E-state index < -0.39 is 15.9 Å². The van der Waals surface area contributed by atoms with Crippen molar-refractivity contribution in [1.29, 1.82) is 0 Å². The number of pyridine rings is 1. The molecule has 1 aliphatic rings. The van der Waals surface area contributed by atoms with E-state index in [0.29, 0.717) is 23.7 Å². The fourth-order valence-corrected chi connectivity index (χ4v) is 5.69. The molecule has 0 unspecified atom stereocenters. The molecule has 0 bridgehead atoms. The van der Waals surface area contributed by atoms with Crippen molar-refractivity contribution in [2.75, 3.05) is 21.9 Å². The molecular weight excluding hydrogens is 467 g/mol. The van der Waals surface area contributed by atoms with Gasteiger partial charge in [0.05, 0.1) is 27.0 Å². The summed E-state index contributed by atoms with van der Waals surface area (Å²) in [5.41, 5.74) is 2.12. The van der Waals surface area contributed by atoms with Crippen LogP contribution in [0.5, 0.6) is 0 Å². The molecule has 0 spiro atoms. The molecule has 0 saturated carbocycles.